The van der Waals surface area contributed by atoms with Gasteiger partial charge in [0, 0.05) is 6.42 Å². The molecular formula is C21H42N2O. The molecule has 0 aromatic heterocycles. The molecule has 0 saturated heterocycles. The van der Waals surface area contributed by atoms with Gasteiger partial charge in [0.2, 0.25) is 0 Å². The van der Waals surface area contributed by atoms with Crippen LogP contribution in [0.15, 0.2) is 12.2 Å². The smallest absolute Gasteiger partial charge is 0.149 e. The number of hydrogen-bond donors (Lipinski definition) is 2. The Balaban J connectivity index is 3.24. The van der Waals surface area contributed by atoms with E-state index in [0.717, 1.165) is 12.8 Å². The first-order chi connectivity index (χ1) is 11.7. The lowest BCUT2D eigenvalue weighted by Crippen LogP contribution is -2.32. The first kappa shape index (κ1) is 23.3. The molecule has 1 atom stereocenters. The molecule has 0 aliphatic heterocycles. The minimum absolute atomic E-state index is 0.179. The number of Topliss-reactive ketones (excluding diaryl/α,β-unsaturated/α-hetero) is 1. The molecule has 3 nitrogen and oxygen atoms in total. The summed E-state index contributed by atoms with van der Waals surface area (Å²) in [6.07, 6.45) is 22.6. The van der Waals surface area contributed by atoms with Gasteiger partial charge in [-0.1, -0.05) is 70.4 Å². The van der Waals surface area contributed by atoms with Crippen LogP contribution in [0.3, 0.4) is 0 Å². The Morgan fingerprint density at radius 2 is 1.33 bits per heavy atom. The van der Waals surface area contributed by atoms with Crippen molar-refractivity contribution in [3.63, 3.8) is 0 Å². The van der Waals surface area contributed by atoms with E-state index in [0.29, 0.717) is 19.4 Å². The number of nitrogens with two attached hydrogens (primary N) is 2. The van der Waals surface area contributed by atoms with E-state index in [1.165, 1.54) is 70.6 Å². The highest BCUT2D eigenvalue weighted by Crippen LogP contribution is 2.10. The second-order valence-electron chi connectivity index (χ2n) is 6.98. The summed E-state index contributed by atoms with van der Waals surface area (Å²) in [5.41, 5.74) is 11.2. The molecule has 4 N–H and O–H groups in total. The fraction of sp³-hybridized carbons (Fsp3) is 0.857. The van der Waals surface area contributed by atoms with Crippen molar-refractivity contribution >= 4 is 5.78 Å². The average molecular weight is 339 g/mol. The van der Waals surface area contributed by atoms with Crippen molar-refractivity contribution in [1.29, 1.82) is 0 Å². The van der Waals surface area contributed by atoms with Crippen LogP contribution in [-0.2, 0) is 4.79 Å². The molecule has 0 rings (SSSR count). The number of carbonyl (C=O) groups is 1. The van der Waals surface area contributed by atoms with Crippen molar-refractivity contribution < 1.29 is 4.79 Å². The van der Waals surface area contributed by atoms with Gasteiger partial charge in [-0.3, -0.25) is 4.79 Å². The first-order valence-corrected chi connectivity index (χ1v) is 10.4. The van der Waals surface area contributed by atoms with Crippen molar-refractivity contribution in [2.75, 3.05) is 6.54 Å². The predicted octanol–water partition coefficient (Wildman–Crippen LogP) is 5.27. The zero-order valence-electron chi connectivity index (χ0n) is 16.1. The molecular weight excluding hydrogens is 296 g/mol. The van der Waals surface area contributed by atoms with Crippen LogP contribution in [0.5, 0.6) is 0 Å². The van der Waals surface area contributed by atoms with E-state index < -0.39 is 0 Å². The van der Waals surface area contributed by atoms with Crippen molar-refractivity contribution in [2.24, 2.45) is 11.5 Å². The van der Waals surface area contributed by atoms with E-state index in [4.69, 9.17) is 11.5 Å². The second-order valence-corrected chi connectivity index (χ2v) is 6.98. The molecule has 3 heteroatoms. The Bertz CT molecular complexity index is 302. The number of unbranched alkanes of at least 4 members (excludes halogenated alkanes) is 11. The predicted molar refractivity (Wildman–Crippen MR) is 106 cm³/mol. The van der Waals surface area contributed by atoms with E-state index in [1.807, 2.05) is 0 Å². The summed E-state index contributed by atoms with van der Waals surface area (Å²) >= 11 is 0. The lowest BCUT2D eigenvalue weighted by Gasteiger charge is -2.08. The van der Waals surface area contributed by atoms with Crippen molar-refractivity contribution in [1.82, 2.24) is 0 Å². The Labute approximate surface area is 150 Å². The minimum atomic E-state index is -0.341. The van der Waals surface area contributed by atoms with Gasteiger partial charge in [-0.15, -0.1) is 0 Å². The van der Waals surface area contributed by atoms with Gasteiger partial charge in [0.05, 0.1) is 6.04 Å². The van der Waals surface area contributed by atoms with Crippen LogP contribution in [0.2, 0.25) is 0 Å². The van der Waals surface area contributed by atoms with Gasteiger partial charge < -0.3 is 11.5 Å². The normalized spacial score (nSPS) is 12.8. The molecule has 24 heavy (non-hydrogen) atoms. The van der Waals surface area contributed by atoms with Gasteiger partial charge in [0.15, 0.2) is 0 Å². The lowest BCUT2D eigenvalue weighted by atomic mass is 10.0. The van der Waals surface area contributed by atoms with Gasteiger partial charge in [-0.2, -0.15) is 0 Å². The maximum absolute atomic E-state index is 11.7. The summed E-state index contributed by atoms with van der Waals surface area (Å²) in [7, 11) is 0. The Kier molecular flexibility index (Phi) is 18.1. The number of hydrogen-bond acceptors (Lipinski definition) is 3. The van der Waals surface area contributed by atoms with Crippen molar-refractivity contribution in [3.05, 3.63) is 12.2 Å². The topological polar surface area (TPSA) is 69.1 Å². The lowest BCUT2D eigenvalue weighted by molar-refractivity contribution is -0.120. The average Bonchev–Trinajstić information content (AvgIpc) is 2.58. The molecule has 0 saturated carbocycles. The van der Waals surface area contributed by atoms with Crippen LogP contribution in [0.25, 0.3) is 0 Å². The molecule has 142 valence electrons. The monoisotopic (exact) mass is 338 g/mol. The third-order valence-electron chi connectivity index (χ3n) is 4.58. The largest absolute Gasteiger partial charge is 0.330 e. The van der Waals surface area contributed by atoms with Crippen LogP contribution in [0.4, 0.5) is 0 Å². The number of carbonyl (C=O) groups excluding carboxylic acids is 1. The molecule has 0 spiro atoms. The molecule has 0 radical (unpaired) electrons. The molecule has 0 fully saturated rings. The zero-order valence-corrected chi connectivity index (χ0v) is 16.1. The first-order valence-electron chi connectivity index (χ1n) is 10.4. The third kappa shape index (κ3) is 16.2. The van der Waals surface area contributed by atoms with Gasteiger partial charge >= 0.3 is 0 Å². The van der Waals surface area contributed by atoms with E-state index in [2.05, 4.69) is 19.1 Å². The van der Waals surface area contributed by atoms with Gasteiger partial charge in [-0.05, 0) is 45.1 Å². The van der Waals surface area contributed by atoms with E-state index in [1.54, 1.807) is 0 Å². The Morgan fingerprint density at radius 1 is 0.833 bits per heavy atom. The van der Waals surface area contributed by atoms with Crippen LogP contribution in [0.1, 0.15) is 103 Å². The van der Waals surface area contributed by atoms with Crippen LogP contribution in [0, 0.1) is 0 Å². The maximum atomic E-state index is 11.7. The molecule has 0 aromatic carbocycles. The Hall–Kier alpha value is -0.670. The molecule has 0 aliphatic carbocycles. The standard InChI is InChI=1S/C21H42N2O/c1-2-3-4-5-6-7-8-9-10-11-12-13-14-15-16-17-21(24)20(23)18-19-22/h9-10,20H,2-8,11-19,22-23H2,1H3/b10-9-. The zero-order chi connectivity index (χ0) is 17.9. The summed E-state index contributed by atoms with van der Waals surface area (Å²) in [6.45, 7) is 2.76. The number of allylic oxidation sites excluding steroid dienone is 2. The molecule has 0 bridgehead atoms. The molecule has 0 amide bonds. The second kappa shape index (κ2) is 18.7. The summed E-state index contributed by atoms with van der Waals surface area (Å²) in [6, 6.07) is -0.341. The van der Waals surface area contributed by atoms with Crippen LogP contribution in [-0.4, -0.2) is 18.4 Å². The summed E-state index contributed by atoms with van der Waals surface area (Å²) in [4.78, 5) is 11.7. The fourth-order valence-corrected chi connectivity index (χ4v) is 2.90. The molecule has 0 heterocycles. The van der Waals surface area contributed by atoms with Crippen molar-refractivity contribution in [3.8, 4) is 0 Å². The maximum Gasteiger partial charge on any atom is 0.149 e. The van der Waals surface area contributed by atoms with E-state index in [9.17, 15) is 4.79 Å². The van der Waals surface area contributed by atoms with E-state index >= 15 is 0 Å². The summed E-state index contributed by atoms with van der Waals surface area (Å²) in [5.74, 6) is 0.179. The summed E-state index contributed by atoms with van der Waals surface area (Å²) < 4.78 is 0. The quantitative estimate of drug-likeness (QED) is 0.264. The molecule has 1 unspecified atom stereocenters. The summed E-state index contributed by atoms with van der Waals surface area (Å²) in [5, 5.41) is 0. The highest BCUT2D eigenvalue weighted by atomic mass is 16.1. The third-order valence-corrected chi connectivity index (χ3v) is 4.58. The Morgan fingerprint density at radius 3 is 1.88 bits per heavy atom. The van der Waals surface area contributed by atoms with Gasteiger partial charge in [0.25, 0.3) is 0 Å². The molecule has 0 aliphatic rings. The van der Waals surface area contributed by atoms with E-state index in [-0.39, 0.29) is 11.8 Å². The highest BCUT2D eigenvalue weighted by molar-refractivity contribution is 5.83. The minimum Gasteiger partial charge on any atom is -0.330 e. The number of ketones is 1. The van der Waals surface area contributed by atoms with Gasteiger partial charge in [0.1, 0.15) is 5.78 Å². The van der Waals surface area contributed by atoms with Crippen LogP contribution >= 0.6 is 0 Å². The molecule has 0 aromatic rings. The SMILES string of the molecule is CCCCCCCC/C=C\CCCCCCCC(=O)C(N)CCN. The fourth-order valence-electron chi connectivity index (χ4n) is 2.90. The van der Waals surface area contributed by atoms with Gasteiger partial charge in [-0.25, -0.2) is 0 Å². The highest BCUT2D eigenvalue weighted by Gasteiger charge is 2.11. The number of rotatable bonds is 18. The van der Waals surface area contributed by atoms with Crippen LogP contribution < -0.4 is 11.5 Å². The van der Waals surface area contributed by atoms with Crippen molar-refractivity contribution in [2.45, 2.75) is 109 Å².